The van der Waals surface area contributed by atoms with Crippen LogP contribution in [-0.2, 0) is 28.7 Å². The molecule has 0 spiro atoms. The molecule has 9 nitrogen and oxygen atoms in total. The van der Waals surface area contributed by atoms with E-state index in [1.54, 1.807) is 6.92 Å². The summed E-state index contributed by atoms with van der Waals surface area (Å²) in [4.78, 5) is 48.0. The van der Waals surface area contributed by atoms with E-state index in [2.05, 4.69) is 0 Å². The Morgan fingerprint density at radius 3 is 1.90 bits per heavy atom. The zero-order valence-corrected chi connectivity index (χ0v) is 16.6. The molecule has 0 aromatic rings. The number of carbonyl (C=O) groups is 4. The van der Waals surface area contributed by atoms with Gasteiger partial charge in [0.15, 0.2) is 0 Å². The van der Waals surface area contributed by atoms with Crippen LogP contribution in [0.2, 0.25) is 0 Å². The molecule has 0 aliphatic heterocycles. The number of carbonyl (C=O) groups excluding carboxylic acids is 2. The lowest BCUT2D eigenvalue weighted by atomic mass is 9.78. The van der Waals surface area contributed by atoms with Gasteiger partial charge in [0.1, 0.15) is 0 Å². The van der Waals surface area contributed by atoms with Crippen molar-refractivity contribution in [2.45, 2.75) is 77.1 Å². The summed E-state index contributed by atoms with van der Waals surface area (Å²) in [5.41, 5.74) is 0. The summed E-state index contributed by atoms with van der Waals surface area (Å²) < 4.78 is 10.7. The van der Waals surface area contributed by atoms with Crippen molar-refractivity contribution in [1.82, 2.24) is 0 Å². The van der Waals surface area contributed by atoms with Crippen molar-refractivity contribution in [3.63, 3.8) is 0 Å². The molecule has 29 heavy (non-hydrogen) atoms. The first kappa shape index (κ1) is 23.1. The fourth-order valence-corrected chi connectivity index (χ4v) is 4.22. The first-order chi connectivity index (χ1) is 13.7. The first-order valence-electron chi connectivity index (χ1n) is 10.3. The normalized spacial score (nSPS) is 30.8. The summed E-state index contributed by atoms with van der Waals surface area (Å²) >= 11 is 0. The monoisotopic (exact) mass is 414 g/mol. The molecule has 0 amide bonds. The number of aliphatic hydroxyl groups excluding tert-OH is 1. The van der Waals surface area contributed by atoms with Gasteiger partial charge < -0.3 is 24.8 Å². The van der Waals surface area contributed by atoms with Crippen molar-refractivity contribution >= 4 is 23.9 Å². The molecular formula is C20H30O9. The minimum absolute atomic E-state index is 0.0215. The molecule has 2 saturated carbocycles. The molecule has 0 radical (unpaired) electrons. The topological polar surface area (TPSA) is 147 Å². The molecule has 6 atom stereocenters. The number of carboxylic acid groups (broad SMARTS) is 2. The van der Waals surface area contributed by atoms with Crippen LogP contribution in [0.15, 0.2) is 0 Å². The third kappa shape index (κ3) is 6.16. The van der Waals surface area contributed by atoms with Crippen LogP contribution >= 0.6 is 0 Å². The number of esters is 2. The van der Waals surface area contributed by atoms with E-state index in [0.29, 0.717) is 25.7 Å². The Morgan fingerprint density at radius 2 is 1.34 bits per heavy atom. The van der Waals surface area contributed by atoms with E-state index in [9.17, 15) is 34.5 Å². The lowest BCUT2D eigenvalue weighted by molar-refractivity contribution is -0.201. The predicted molar refractivity (Wildman–Crippen MR) is 98.4 cm³/mol. The molecule has 164 valence electrons. The second-order valence-electron chi connectivity index (χ2n) is 7.95. The summed E-state index contributed by atoms with van der Waals surface area (Å²) in [6.45, 7) is 1.81. The van der Waals surface area contributed by atoms with Crippen molar-refractivity contribution in [3.05, 3.63) is 0 Å². The Morgan fingerprint density at radius 1 is 0.828 bits per heavy atom. The minimum Gasteiger partial charge on any atom is -0.481 e. The van der Waals surface area contributed by atoms with Gasteiger partial charge in [0, 0.05) is 6.42 Å². The SMILES string of the molecule is CCCC(OC(=O)C1CCCCC1C(=O)O)OC(=O)C1CC(O)CCC1C(=O)O. The van der Waals surface area contributed by atoms with Crippen molar-refractivity contribution in [3.8, 4) is 0 Å². The summed E-state index contributed by atoms with van der Waals surface area (Å²) in [5, 5.41) is 28.5. The first-order valence-corrected chi connectivity index (χ1v) is 10.3. The molecule has 0 aromatic heterocycles. The molecule has 0 bridgehead atoms. The lowest BCUT2D eigenvalue weighted by Gasteiger charge is -2.32. The van der Waals surface area contributed by atoms with Crippen LogP contribution < -0.4 is 0 Å². The average molecular weight is 414 g/mol. The van der Waals surface area contributed by atoms with E-state index in [-0.39, 0.29) is 19.3 Å². The second-order valence-corrected chi connectivity index (χ2v) is 7.95. The van der Waals surface area contributed by atoms with Gasteiger partial charge in [-0.05, 0) is 38.5 Å². The highest BCUT2D eigenvalue weighted by molar-refractivity contribution is 5.82. The highest BCUT2D eigenvalue weighted by Gasteiger charge is 2.42. The van der Waals surface area contributed by atoms with E-state index < -0.39 is 59.9 Å². The molecule has 3 N–H and O–H groups in total. The highest BCUT2D eigenvalue weighted by Crippen LogP contribution is 2.34. The minimum atomic E-state index is -1.20. The van der Waals surface area contributed by atoms with Gasteiger partial charge in [0.25, 0.3) is 0 Å². The number of hydrogen-bond donors (Lipinski definition) is 3. The molecule has 0 heterocycles. The maximum absolute atomic E-state index is 12.6. The van der Waals surface area contributed by atoms with Gasteiger partial charge in [-0.25, -0.2) is 0 Å². The molecule has 2 aliphatic rings. The van der Waals surface area contributed by atoms with Crippen LogP contribution in [-0.4, -0.2) is 51.6 Å². The number of ether oxygens (including phenoxy) is 2. The summed E-state index contributed by atoms with van der Waals surface area (Å²) in [6, 6.07) is 0. The van der Waals surface area contributed by atoms with E-state index in [0.717, 1.165) is 12.8 Å². The molecule has 2 aliphatic carbocycles. The Balaban J connectivity index is 2.04. The van der Waals surface area contributed by atoms with Crippen LogP contribution in [0.25, 0.3) is 0 Å². The zero-order valence-electron chi connectivity index (χ0n) is 16.6. The maximum atomic E-state index is 12.6. The van der Waals surface area contributed by atoms with Crippen molar-refractivity contribution in [2.75, 3.05) is 0 Å². The third-order valence-corrected chi connectivity index (χ3v) is 5.85. The quantitative estimate of drug-likeness (QED) is 0.400. The van der Waals surface area contributed by atoms with E-state index >= 15 is 0 Å². The van der Waals surface area contributed by atoms with Crippen molar-refractivity contribution in [1.29, 1.82) is 0 Å². The Bertz CT molecular complexity index is 617. The van der Waals surface area contributed by atoms with Gasteiger partial charge in [0.2, 0.25) is 6.29 Å². The van der Waals surface area contributed by atoms with Crippen LogP contribution in [0.3, 0.4) is 0 Å². The van der Waals surface area contributed by atoms with E-state index in [1.807, 2.05) is 0 Å². The number of aliphatic hydroxyl groups is 1. The average Bonchev–Trinajstić information content (AvgIpc) is 2.67. The molecule has 6 unspecified atom stereocenters. The van der Waals surface area contributed by atoms with Crippen LogP contribution in [0.1, 0.15) is 64.7 Å². The van der Waals surface area contributed by atoms with Crippen LogP contribution in [0.5, 0.6) is 0 Å². The fraction of sp³-hybridized carbons (Fsp3) is 0.800. The second kappa shape index (κ2) is 10.6. The molecule has 9 heteroatoms. The Hall–Kier alpha value is -2.16. The summed E-state index contributed by atoms with van der Waals surface area (Å²) in [7, 11) is 0. The Kier molecular flexibility index (Phi) is 8.43. The molecule has 2 rings (SSSR count). The van der Waals surface area contributed by atoms with E-state index in [4.69, 9.17) is 9.47 Å². The van der Waals surface area contributed by atoms with Crippen molar-refractivity contribution < 1.29 is 44.0 Å². The third-order valence-electron chi connectivity index (χ3n) is 5.85. The van der Waals surface area contributed by atoms with Gasteiger partial charge in [0.05, 0.1) is 29.8 Å². The number of carboxylic acids is 2. The maximum Gasteiger partial charge on any atom is 0.312 e. The Labute approximate surface area is 169 Å². The van der Waals surface area contributed by atoms with Gasteiger partial charge in [-0.1, -0.05) is 19.8 Å². The van der Waals surface area contributed by atoms with Crippen LogP contribution in [0, 0.1) is 23.7 Å². The standard InChI is InChI=1S/C20H30O9/c1-2-5-16(28-19(26)14-7-4-3-6-12(14)17(22)23)29-20(27)15-10-11(21)8-9-13(15)18(24)25/h11-16,21H,2-10H2,1H3,(H,22,23)(H,24,25). The van der Waals surface area contributed by atoms with E-state index in [1.165, 1.54) is 0 Å². The number of aliphatic carboxylic acids is 2. The lowest BCUT2D eigenvalue weighted by Crippen LogP contribution is -2.41. The summed E-state index contributed by atoms with van der Waals surface area (Å²) in [5.74, 6) is -7.29. The molecule has 2 fully saturated rings. The van der Waals surface area contributed by atoms with Gasteiger partial charge >= 0.3 is 23.9 Å². The highest BCUT2D eigenvalue weighted by atomic mass is 16.7. The predicted octanol–water partition coefficient (Wildman–Crippen LogP) is 1.95. The number of hydrogen-bond acceptors (Lipinski definition) is 7. The molecule has 0 aromatic carbocycles. The largest absolute Gasteiger partial charge is 0.481 e. The molecular weight excluding hydrogens is 384 g/mol. The fourth-order valence-electron chi connectivity index (χ4n) is 4.22. The van der Waals surface area contributed by atoms with Gasteiger partial charge in [-0.15, -0.1) is 0 Å². The smallest absolute Gasteiger partial charge is 0.312 e. The van der Waals surface area contributed by atoms with Gasteiger partial charge in [-0.3, -0.25) is 19.2 Å². The zero-order chi connectivity index (χ0) is 21.6. The van der Waals surface area contributed by atoms with Crippen molar-refractivity contribution in [2.24, 2.45) is 23.7 Å². The van der Waals surface area contributed by atoms with Crippen LogP contribution in [0.4, 0.5) is 0 Å². The summed E-state index contributed by atoms with van der Waals surface area (Å²) in [6.07, 6.45) is 1.46. The van der Waals surface area contributed by atoms with Gasteiger partial charge in [-0.2, -0.15) is 0 Å². The molecule has 0 saturated heterocycles. The number of rotatable bonds is 8.